The monoisotopic (exact) mass is 182 g/mol. The highest BCUT2D eigenvalue weighted by molar-refractivity contribution is 5.22. The minimum Gasteiger partial charge on any atom is -0.488 e. The van der Waals surface area contributed by atoms with Crippen molar-refractivity contribution in [3.05, 3.63) is 30.1 Å². The van der Waals surface area contributed by atoms with Gasteiger partial charge >= 0.3 is 0 Å². The van der Waals surface area contributed by atoms with Crippen LogP contribution in [0.1, 0.15) is 6.42 Å². The molecule has 70 valence electrons. The molecule has 1 saturated heterocycles. The second kappa shape index (κ2) is 3.75. The third-order valence-electron chi connectivity index (χ3n) is 2.00. The third-order valence-corrected chi connectivity index (χ3v) is 2.00. The summed E-state index contributed by atoms with van der Waals surface area (Å²) in [5, 5.41) is 0. The van der Waals surface area contributed by atoms with Crippen molar-refractivity contribution in [2.24, 2.45) is 0 Å². The van der Waals surface area contributed by atoms with Crippen LogP contribution in [0.25, 0.3) is 0 Å². The normalized spacial score (nSPS) is 21.8. The first kappa shape index (κ1) is 8.51. The van der Waals surface area contributed by atoms with E-state index in [1.54, 1.807) is 12.1 Å². The average Bonchev–Trinajstić information content (AvgIpc) is 2.62. The van der Waals surface area contributed by atoms with Crippen LogP contribution in [0.15, 0.2) is 24.3 Å². The van der Waals surface area contributed by atoms with Crippen LogP contribution < -0.4 is 4.74 Å². The number of benzene rings is 1. The molecule has 0 radical (unpaired) electrons. The van der Waals surface area contributed by atoms with Gasteiger partial charge < -0.3 is 9.47 Å². The minimum absolute atomic E-state index is 0.130. The fourth-order valence-electron chi connectivity index (χ4n) is 1.31. The highest BCUT2D eigenvalue weighted by Crippen LogP contribution is 2.16. The second-order valence-electron chi connectivity index (χ2n) is 3.06. The van der Waals surface area contributed by atoms with Crippen molar-refractivity contribution in [1.29, 1.82) is 0 Å². The molecule has 1 heterocycles. The van der Waals surface area contributed by atoms with E-state index in [1.165, 1.54) is 12.1 Å². The molecule has 0 saturated carbocycles. The largest absolute Gasteiger partial charge is 0.488 e. The van der Waals surface area contributed by atoms with Crippen LogP contribution in [0.5, 0.6) is 5.75 Å². The third kappa shape index (κ3) is 2.18. The molecular formula is C10H11FO2. The van der Waals surface area contributed by atoms with Crippen LogP contribution in [-0.4, -0.2) is 19.3 Å². The van der Waals surface area contributed by atoms with Gasteiger partial charge in [0.2, 0.25) is 0 Å². The molecule has 1 aliphatic rings. The van der Waals surface area contributed by atoms with Gasteiger partial charge in [-0.2, -0.15) is 0 Å². The Morgan fingerprint density at radius 1 is 1.31 bits per heavy atom. The lowest BCUT2D eigenvalue weighted by Gasteiger charge is -2.10. The lowest BCUT2D eigenvalue weighted by Crippen LogP contribution is -2.15. The summed E-state index contributed by atoms with van der Waals surface area (Å²) in [6.07, 6.45) is 1.04. The van der Waals surface area contributed by atoms with E-state index in [1.807, 2.05) is 0 Å². The molecule has 0 bridgehead atoms. The van der Waals surface area contributed by atoms with E-state index in [0.717, 1.165) is 13.0 Å². The van der Waals surface area contributed by atoms with Crippen LogP contribution in [0.3, 0.4) is 0 Å². The molecule has 3 heteroatoms. The molecule has 0 aliphatic carbocycles. The van der Waals surface area contributed by atoms with E-state index < -0.39 is 0 Å². The Bertz CT molecular complexity index is 265. The van der Waals surface area contributed by atoms with Crippen LogP contribution in [-0.2, 0) is 4.74 Å². The number of ether oxygens (including phenoxy) is 2. The Balaban J connectivity index is 1.97. The maximum atomic E-state index is 12.5. The van der Waals surface area contributed by atoms with E-state index in [0.29, 0.717) is 12.4 Å². The van der Waals surface area contributed by atoms with Gasteiger partial charge in [0.05, 0.1) is 13.2 Å². The van der Waals surface area contributed by atoms with Gasteiger partial charge in [-0.05, 0) is 24.3 Å². The standard InChI is InChI=1S/C10H11FO2/c11-8-1-3-9(4-2-8)13-10-5-6-12-7-10/h1-4,10H,5-7H2. The van der Waals surface area contributed by atoms with Crippen molar-refractivity contribution >= 4 is 0 Å². The molecule has 1 atom stereocenters. The summed E-state index contributed by atoms with van der Waals surface area (Å²) >= 11 is 0. The maximum absolute atomic E-state index is 12.5. The Morgan fingerprint density at radius 3 is 2.69 bits per heavy atom. The van der Waals surface area contributed by atoms with Crippen LogP contribution >= 0.6 is 0 Å². The summed E-state index contributed by atoms with van der Waals surface area (Å²) in [6, 6.07) is 6.05. The summed E-state index contributed by atoms with van der Waals surface area (Å²) in [5.41, 5.74) is 0. The predicted octanol–water partition coefficient (Wildman–Crippen LogP) is 1.99. The molecule has 0 amide bonds. The topological polar surface area (TPSA) is 18.5 Å². The van der Waals surface area contributed by atoms with E-state index in [9.17, 15) is 4.39 Å². The first-order valence-corrected chi connectivity index (χ1v) is 4.34. The zero-order valence-electron chi connectivity index (χ0n) is 7.20. The summed E-state index contributed by atoms with van der Waals surface area (Å²) < 4.78 is 23.2. The van der Waals surface area contributed by atoms with Gasteiger partial charge in [-0.15, -0.1) is 0 Å². The molecule has 0 aromatic heterocycles. The smallest absolute Gasteiger partial charge is 0.124 e. The van der Waals surface area contributed by atoms with Crippen molar-refractivity contribution in [2.75, 3.05) is 13.2 Å². The fourth-order valence-corrected chi connectivity index (χ4v) is 1.31. The molecule has 1 fully saturated rings. The molecule has 2 rings (SSSR count). The Hall–Kier alpha value is -1.09. The van der Waals surface area contributed by atoms with Crippen LogP contribution in [0.4, 0.5) is 4.39 Å². The number of hydrogen-bond donors (Lipinski definition) is 0. The van der Waals surface area contributed by atoms with Gasteiger partial charge in [-0.3, -0.25) is 0 Å². The maximum Gasteiger partial charge on any atom is 0.124 e. The van der Waals surface area contributed by atoms with Crippen LogP contribution in [0, 0.1) is 5.82 Å². The SMILES string of the molecule is Fc1ccc(OC2CCOC2)cc1. The zero-order chi connectivity index (χ0) is 9.10. The summed E-state index contributed by atoms with van der Waals surface area (Å²) in [6.45, 7) is 1.39. The molecule has 1 aliphatic heterocycles. The van der Waals surface area contributed by atoms with E-state index >= 15 is 0 Å². The van der Waals surface area contributed by atoms with Gasteiger partial charge in [-0.1, -0.05) is 0 Å². The molecule has 1 aromatic rings. The number of hydrogen-bond acceptors (Lipinski definition) is 2. The van der Waals surface area contributed by atoms with E-state index in [4.69, 9.17) is 9.47 Å². The molecule has 1 unspecified atom stereocenters. The molecule has 13 heavy (non-hydrogen) atoms. The quantitative estimate of drug-likeness (QED) is 0.696. The van der Waals surface area contributed by atoms with Crippen molar-refractivity contribution in [1.82, 2.24) is 0 Å². The highest BCUT2D eigenvalue weighted by atomic mass is 19.1. The van der Waals surface area contributed by atoms with E-state index in [-0.39, 0.29) is 11.9 Å². The average molecular weight is 182 g/mol. The minimum atomic E-state index is -0.241. The Labute approximate surface area is 76.3 Å². The van der Waals surface area contributed by atoms with Gasteiger partial charge in [-0.25, -0.2) is 4.39 Å². The predicted molar refractivity (Wildman–Crippen MR) is 46.3 cm³/mol. The van der Waals surface area contributed by atoms with Gasteiger partial charge in [0.1, 0.15) is 17.7 Å². The molecule has 2 nitrogen and oxygen atoms in total. The lowest BCUT2D eigenvalue weighted by molar-refractivity contribution is 0.141. The molecule has 0 spiro atoms. The van der Waals surface area contributed by atoms with Gasteiger partial charge in [0, 0.05) is 6.42 Å². The zero-order valence-corrected chi connectivity index (χ0v) is 7.20. The van der Waals surface area contributed by atoms with Crippen molar-refractivity contribution in [2.45, 2.75) is 12.5 Å². The van der Waals surface area contributed by atoms with Crippen molar-refractivity contribution < 1.29 is 13.9 Å². The first-order chi connectivity index (χ1) is 6.34. The summed E-state index contributed by atoms with van der Waals surface area (Å²) in [4.78, 5) is 0. The lowest BCUT2D eigenvalue weighted by atomic mass is 10.3. The first-order valence-electron chi connectivity index (χ1n) is 4.34. The van der Waals surface area contributed by atoms with Crippen LogP contribution in [0.2, 0.25) is 0 Å². The van der Waals surface area contributed by atoms with Gasteiger partial charge in [0.15, 0.2) is 0 Å². The molecular weight excluding hydrogens is 171 g/mol. The molecule has 1 aromatic carbocycles. The Kier molecular flexibility index (Phi) is 2.45. The Morgan fingerprint density at radius 2 is 2.08 bits per heavy atom. The number of halogens is 1. The summed E-state index contributed by atoms with van der Waals surface area (Å²) in [5.74, 6) is 0.465. The second-order valence-corrected chi connectivity index (χ2v) is 3.06. The van der Waals surface area contributed by atoms with Crippen molar-refractivity contribution in [3.63, 3.8) is 0 Å². The summed E-state index contributed by atoms with van der Waals surface area (Å²) in [7, 11) is 0. The highest BCUT2D eigenvalue weighted by Gasteiger charge is 2.16. The van der Waals surface area contributed by atoms with E-state index in [2.05, 4.69) is 0 Å². The van der Waals surface area contributed by atoms with Crippen molar-refractivity contribution in [3.8, 4) is 5.75 Å². The number of rotatable bonds is 2. The fraction of sp³-hybridized carbons (Fsp3) is 0.400. The van der Waals surface area contributed by atoms with Gasteiger partial charge in [0.25, 0.3) is 0 Å². The molecule has 0 N–H and O–H groups in total.